The number of amides is 2. The Bertz CT molecular complexity index is 686. The minimum Gasteiger partial charge on any atom is -0.355 e. The highest BCUT2D eigenvalue weighted by Gasteiger charge is 2.27. The van der Waals surface area contributed by atoms with Gasteiger partial charge in [0.15, 0.2) is 0 Å². The molecule has 0 aliphatic heterocycles. The number of aryl methyl sites for hydroxylation is 1. The summed E-state index contributed by atoms with van der Waals surface area (Å²) in [7, 11) is 0. The second-order valence-electron chi connectivity index (χ2n) is 6.31. The first-order chi connectivity index (χ1) is 12.7. The summed E-state index contributed by atoms with van der Waals surface area (Å²) in [5, 5.41) is 2.86. The van der Waals surface area contributed by atoms with Gasteiger partial charge in [0.1, 0.15) is 6.04 Å². The molecule has 1 N–H and O–H groups in total. The molecule has 0 bridgehead atoms. The van der Waals surface area contributed by atoms with Crippen molar-refractivity contribution < 1.29 is 9.59 Å². The molecular formula is C22H28N2O2. The molecule has 0 saturated heterocycles. The van der Waals surface area contributed by atoms with Crippen LogP contribution in [0.15, 0.2) is 60.7 Å². The van der Waals surface area contributed by atoms with E-state index in [0.717, 1.165) is 11.1 Å². The second kappa shape index (κ2) is 10.4. The Morgan fingerprint density at radius 2 is 1.50 bits per heavy atom. The van der Waals surface area contributed by atoms with E-state index < -0.39 is 6.04 Å². The van der Waals surface area contributed by atoms with Crippen molar-refractivity contribution in [1.29, 1.82) is 0 Å². The Kier molecular flexibility index (Phi) is 7.87. The summed E-state index contributed by atoms with van der Waals surface area (Å²) in [6.45, 7) is 4.85. The first-order valence-corrected chi connectivity index (χ1v) is 9.30. The average Bonchev–Trinajstić information content (AvgIpc) is 2.68. The minimum absolute atomic E-state index is 0.0100. The molecule has 0 spiro atoms. The molecule has 2 amide bonds. The summed E-state index contributed by atoms with van der Waals surface area (Å²) in [6.07, 6.45) is 1.67. The molecule has 0 fully saturated rings. The van der Waals surface area contributed by atoms with Crippen molar-refractivity contribution >= 4 is 11.8 Å². The van der Waals surface area contributed by atoms with Gasteiger partial charge in [-0.25, -0.2) is 0 Å². The lowest BCUT2D eigenvalue weighted by molar-refractivity contribution is -0.141. The number of rotatable bonds is 9. The van der Waals surface area contributed by atoms with Crippen LogP contribution < -0.4 is 5.32 Å². The minimum atomic E-state index is -0.446. The topological polar surface area (TPSA) is 49.4 Å². The van der Waals surface area contributed by atoms with Gasteiger partial charge >= 0.3 is 0 Å². The van der Waals surface area contributed by atoms with E-state index in [1.807, 2.05) is 74.5 Å². The third kappa shape index (κ3) is 5.73. The number of carbonyl (C=O) groups excluding carboxylic acids is 2. The lowest BCUT2D eigenvalue weighted by Crippen LogP contribution is -2.49. The van der Waals surface area contributed by atoms with Gasteiger partial charge in [-0.05, 0) is 30.9 Å². The molecule has 1 atom stereocenters. The van der Waals surface area contributed by atoms with Crippen LogP contribution in [-0.2, 0) is 22.6 Å². The van der Waals surface area contributed by atoms with Gasteiger partial charge in [-0.2, -0.15) is 0 Å². The Morgan fingerprint density at radius 1 is 0.923 bits per heavy atom. The van der Waals surface area contributed by atoms with Crippen molar-refractivity contribution in [3.63, 3.8) is 0 Å². The van der Waals surface area contributed by atoms with Gasteiger partial charge in [-0.1, -0.05) is 67.6 Å². The van der Waals surface area contributed by atoms with E-state index >= 15 is 0 Å². The van der Waals surface area contributed by atoms with Crippen LogP contribution in [0.2, 0.25) is 0 Å². The lowest BCUT2D eigenvalue weighted by atomic mass is 10.1. The maximum Gasteiger partial charge on any atom is 0.242 e. The normalized spacial score (nSPS) is 11.6. The molecular weight excluding hydrogens is 324 g/mol. The first-order valence-electron chi connectivity index (χ1n) is 9.30. The molecule has 0 heterocycles. The van der Waals surface area contributed by atoms with Crippen LogP contribution in [0, 0.1) is 0 Å². The van der Waals surface area contributed by atoms with Crippen molar-refractivity contribution in [2.24, 2.45) is 0 Å². The fraction of sp³-hybridized carbons (Fsp3) is 0.364. The van der Waals surface area contributed by atoms with Crippen molar-refractivity contribution in [1.82, 2.24) is 10.2 Å². The van der Waals surface area contributed by atoms with E-state index in [1.165, 1.54) is 0 Å². The first kappa shape index (κ1) is 19.7. The summed E-state index contributed by atoms with van der Waals surface area (Å²) in [6, 6.07) is 19.4. The predicted molar refractivity (Wildman–Crippen MR) is 105 cm³/mol. The fourth-order valence-corrected chi connectivity index (χ4v) is 3.03. The summed E-state index contributed by atoms with van der Waals surface area (Å²) in [4.78, 5) is 27.2. The highest BCUT2D eigenvalue weighted by Crippen LogP contribution is 2.15. The van der Waals surface area contributed by atoms with Crippen LogP contribution in [0.25, 0.3) is 0 Å². The van der Waals surface area contributed by atoms with Crippen LogP contribution in [-0.4, -0.2) is 29.3 Å². The summed E-state index contributed by atoms with van der Waals surface area (Å²) in [5.41, 5.74) is 2.16. The van der Waals surface area contributed by atoms with Gasteiger partial charge in [0, 0.05) is 19.5 Å². The van der Waals surface area contributed by atoms with Crippen LogP contribution in [0.5, 0.6) is 0 Å². The molecule has 2 aromatic rings. The number of benzene rings is 2. The molecule has 2 aromatic carbocycles. The Labute approximate surface area is 156 Å². The van der Waals surface area contributed by atoms with Gasteiger partial charge in [0.25, 0.3) is 0 Å². The van der Waals surface area contributed by atoms with Crippen molar-refractivity contribution in [2.45, 2.75) is 45.7 Å². The van der Waals surface area contributed by atoms with Crippen LogP contribution in [0.1, 0.15) is 37.8 Å². The molecule has 2 rings (SSSR count). The Hall–Kier alpha value is -2.62. The van der Waals surface area contributed by atoms with Crippen LogP contribution >= 0.6 is 0 Å². The van der Waals surface area contributed by atoms with Gasteiger partial charge in [-0.15, -0.1) is 0 Å². The van der Waals surface area contributed by atoms with Crippen molar-refractivity contribution in [2.75, 3.05) is 6.54 Å². The largest absolute Gasteiger partial charge is 0.355 e. The third-order valence-electron chi connectivity index (χ3n) is 4.40. The zero-order valence-corrected chi connectivity index (χ0v) is 15.7. The van der Waals surface area contributed by atoms with E-state index in [2.05, 4.69) is 5.32 Å². The van der Waals surface area contributed by atoms with E-state index in [9.17, 15) is 9.59 Å². The Balaban J connectivity index is 2.14. The number of hydrogen-bond donors (Lipinski definition) is 1. The number of nitrogens with zero attached hydrogens (tertiary/aromatic N) is 1. The summed E-state index contributed by atoms with van der Waals surface area (Å²) in [5.74, 6) is -0.0743. The summed E-state index contributed by atoms with van der Waals surface area (Å²) < 4.78 is 0. The average molecular weight is 352 g/mol. The van der Waals surface area contributed by atoms with E-state index in [-0.39, 0.29) is 11.8 Å². The molecule has 1 unspecified atom stereocenters. The number of likely N-dealkylation sites (N-methyl/N-ethyl adjacent to an activating group) is 1. The zero-order valence-electron chi connectivity index (χ0n) is 15.7. The van der Waals surface area contributed by atoms with Crippen molar-refractivity contribution in [3.8, 4) is 0 Å². The molecule has 0 aliphatic rings. The third-order valence-corrected chi connectivity index (χ3v) is 4.40. The molecule has 138 valence electrons. The molecule has 0 saturated carbocycles. The fourth-order valence-electron chi connectivity index (χ4n) is 3.03. The lowest BCUT2D eigenvalue weighted by Gasteiger charge is -2.30. The monoisotopic (exact) mass is 352 g/mol. The standard InChI is InChI=1S/C22H28N2O2/c1-3-20(22(26)23-4-2)24(17-19-13-9-6-10-14-19)21(25)16-15-18-11-7-5-8-12-18/h5-14,20H,3-4,15-17H2,1-2H3,(H,23,26). The highest BCUT2D eigenvalue weighted by molar-refractivity contribution is 5.87. The molecule has 0 aromatic heterocycles. The molecule has 0 aliphatic carbocycles. The van der Waals surface area contributed by atoms with Crippen LogP contribution in [0.3, 0.4) is 0 Å². The van der Waals surface area contributed by atoms with E-state index in [1.54, 1.807) is 4.90 Å². The maximum absolute atomic E-state index is 13.0. The maximum atomic E-state index is 13.0. The zero-order chi connectivity index (χ0) is 18.8. The number of carbonyl (C=O) groups is 2. The second-order valence-corrected chi connectivity index (χ2v) is 6.31. The molecule has 4 heteroatoms. The smallest absolute Gasteiger partial charge is 0.242 e. The van der Waals surface area contributed by atoms with Gasteiger partial charge in [-0.3, -0.25) is 9.59 Å². The van der Waals surface area contributed by atoms with Gasteiger partial charge in [0.05, 0.1) is 0 Å². The predicted octanol–water partition coefficient (Wildman–Crippen LogP) is 3.56. The van der Waals surface area contributed by atoms with Crippen LogP contribution in [0.4, 0.5) is 0 Å². The highest BCUT2D eigenvalue weighted by atomic mass is 16.2. The number of hydrogen-bond acceptors (Lipinski definition) is 2. The Morgan fingerprint density at radius 3 is 2.04 bits per heavy atom. The van der Waals surface area contributed by atoms with Gasteiger partial charge < -0.3 is 10.2 Å². The number of nitrogens with one attached hydrogen (secondary N) is 1. The SMILES string of the molecule is CCNC(=O)C(CC)N(Cc1ccccc1)C(=O)CCc1ccccc1. The summed E-state index contributed by atoms with van der Waals surface area (Å²) >= 11 is 0. The molecule has 0 radical (unpaired) electrons. The molecule has 26 heavy (non-hydrogen) atoms. The quantitative estimate of drug-likeness (QED) is 0.750. The van der Waals surface area contributed by atoms with E-state index in [0.29, 0.717) is 32.4 Å². The van der Waals surface area contributed by atoms with Crippen molar-refractivity contribution in [3.05, 3.63) is 71.8 Å². The van der Waals surface area contributed by atoms with Gasteiger partial charge in [0.2, 0.25) is 11.8 Å². The van der Waals surface area contributed by atoms with E-state index in [4.69, 9.17) is 0 Å². The molecule has 4 nitrogen and oxygen atoms in total.